The van der Waals surface area contributed by atoms with Crippen molar-refractivity contribution in [1.82, 2.24) is 10.6 Å². The summed E-state index contributed by atoms with van der Waals surface area (Å²) in [5, 5.41) is 6.24. The van der Waals surface area contributed by atoms with Gasteiger partial charge in [-0.2, -0.15) is 0 Å². The van der Waals surface area contributed by atoms with E-state index in [4.69, 9.17) is 4.42 Å². The van der Waals surface area contributed by atoms with Gasteiger partial charge in [0.05, 0.1) is 18.8 Å². The Hall–Kier alpha value is -1.29. The lowest BCUT2D eigenvalue weighted by Gasteiger charge is -2.41. The van der Waals surface area contributed by atoms with Crippen molar-refractivity contribution in [3.63, 3.8) is 0 Å². The lowest BCUT2D eigenvalue weighted by molar-refractivity contribution is -0.123. The van der Waals surface area contributed by atoms with E-state index in [1.54, 1.807) is 6.26 Å². The van der Waals surface area contributed by atoms with Crippen LogP contribution in [0, 0.1) is 0 Å². The fraction of sp³-hybridized carbons (Fsp3) is 0.615. The minimum atomic E-state index is -0.157. The molecule has 1 amide bonds. The predicted octanol–water partition coefficient (Wildman–Crippen LogP) is 1.82. The van der Waals surface area contributed by atoms with Crippen molar-refractivity contribution < 1.29 is 9.21 Å². The molecule has 4 nitrogen and oxygen atoms in total. The van der Waals surface area contributed by atoms with Crippen LogP contribution < -0.4 is 10.6 Å². The number of carbonyl (C=O) groups excluding carboxylic acids is 1. The molecule has 0 aliphatic heterocycles. The van der Waals surface area contributed by atoms with E-state index in [0.717, 1.165) is 18.6 Å². The van der Waals surface area contributed by atoms with Crippen LogP contribution in [0.4, 0.5) is 0 Å². The maximum atomic E-state index is 11.8. The van der Waals surface area contributed by atoms with Crippen LogP contribution >= 0.6 is 0 Å². The predicted molar refractivity (Wildman–Crippen MR) is 65.4 cm³/mol. The standard InChI is InChI=1S/C13H20N2O2/c1-10(15-13(2)6-4-7-13)12(16)14-9-11-5-3-8-17-11/h3,5,8,10,15H,4,6-7,9H2,1-2H3,(H,14,16). The van der Waals surface area contributed by atoms with Gasteiger partial charge in [0, 0.05) is 5.54 Å². The first-order chi connectivity index (χ1) is 8.09. The molecule has 0 saturated heterocycles. The lowest BCUT2D eigenvalue weighted by atomic mass is 9.78. The topological polar surface area (TPSA) is 54.3 Å². The maximum absolute atomic E-state index is 11.8. The highest BCUT2D eigenvalue weighted by Crippen LogP contribution is 2.31. The van der Waals surface area contributed by atoms with Gasteiger partial charge in [-0.15, -0.1) is 0 Å². The molecule has 94 valence electrons. The molecule has 2 N–H and O–H groups in total. The van der Waals surface area contributed by atoms with Crippen molar-refractivity contribution in [2.24, 2.45) is 0 Å². The van der Waals surface area contributed by atoms with Crippen LogP contribution in [0.2, 0.25) is 0 Å². The number of nitrogens with one attached hydrogen (secondary N) is 2. The molecule has 1 saturated carbocycles. The van der Waals surface area contributed by atoms with Crippen molar-refractivity contribution in [3.05, 3.63) is 24.2 Å². The van der Waals surface area contributed by atoms with Crippen molar-refractivity contribution >= 4 is 5.91 Å². The van der Waals surface area contributed by atoms with Crippen LogP contribution in [-0.4, -0.2) is 17.5 Å². The third-order valence-corrected chi connectivity index (χ3v) is 3.43. The number of rotatable bonds is 5. The van der Waals surface area contributed by atoms with Crippen molar-refractivity contribution in [1.29, 1.82) is 0 Å². The van der Waals surface area contributed by atoms with E-state index >= 15 is 0 Å². The number of hydrogen-bond donors (Lipinski definition) is 2. The van der Waals surface area contributed by atoms with Crippen LogP contribution in [-0.2, 0) is 11.3 Å². The average Bonchev–Trinajstić information content (AvgIpc) is 2.76. The zero-order chi connectivity index (χ0) is 12.3. The van der Waals surface area contributed by atoms with Gasteiger partial charge < -0.3 is 15.1 Å². The zero-order valence-electron chi connectivity index (χ0n) is 10.5. The van der Waals surface area contributed by atoms with Gasteiger partial charge in [-0.3, -0.25) is 4.79 Å². The molecule has 0 radical (unpaired) electrons. The Morgan fingerprint density at radius 3 is 2.88 bits per heavy atom. The van der Waals surface area contributed by atoms with E-state index in [1.165, 1.54) is 6.42 Å². The van der Waals surface area contributed by atoms with Crippen molar-refractivity contribution in [2.75, 3.05) is 0 Å². The van der Waals surface area contributed by atoms with Gasteiger partial charge in [-0.1, -0.05) is 0 Å². The van der Waals surface area contributed by atoms with E-state index < -0.39 is 0 Å². The quantitative estimate of drug-likeness (QED) is 0.820. The first-order valence-electron chi connectivity index (χ1n) is 6.17. The van der Waals surface area contributed by atoms with Gasteiger partial charge in [-0.05, 0) is 45.2 Å². The molecule has 17 heavy (non-hydrogen) atoms. The van der Waals surface area contributed by atoms with E-state index in [9.17, 15) is 4.79 Å². The van der Waals surface area contributed by atoms with Gasteiger partial charge in [0.2, 0.25) is 5.91 Å². The highest BCUT2D eigenvalue weighted by Gasteiger charge is 2.33. The van der Waals surface area contributed by atoms with Crippen LogP contribution in [0.3, 0.4) is 0 Å². The Bertz CT molecular complexity index is 369. The molecule has 0 spiro atoms. The monoisotopic (exact) mass is 236 g/mol. The average molecular weight is 236 g/mol. The summed E-state index contributed by atoms with van der Waals surface area (Å²) in [7, 11) is 0. The van der Waals surface area contributed by atoms with Crippen LogP contribution in [0.1, 0.15) is 38.9 Å². The molecule has 1 unspecified atom stereocenters. The normalized spacial score (nSPS) is 19.4. The molecular weight excluding hydrogens is 216 g/mol. The minimum absolute atomic E-state index is 0.0227. The molecule has 1 aliphatic rings. The fourth-order valence-corrected chi connectivity index (χ4v) is 2.18. The molecule has 2 rings (SSSR count). The van der Waals surface area contributed by atoms with E-state index in [1.807, 2.05) is 19.1 Å². The molecule has 1 aliphatic carbocycles. The summed E-state index contributed by atoms with van der Waals surface area (Å²) in [6.45, 7) is 4.53. The highest BCUT2D eigenvalue weighted by atomic mass is 16.3. The smallest absolute Gasteiger partial charge is 0.237 e. The largest absolute Gasteiger partial charge is 0.467 e. The van der Waals surface area contributed by atoms with Gasteiger partial charge in [0.15, 0.2) is 0 Å². The second-order valence-electron chi connectivity index (χ2n) is 5.08. The van der Waals surface area contributed by atoms with Gasteiger partial charge in [0.25, 0.3) is 0 Å². The molecule has 1 aromatic heterocycles. The third-order valence-electron chi connectivity index (χ3n) is 3.43. The van der Waals surface area contributed by atoms with E-state index in [2.05, 4.69) is 17.6 Å². The Kier molecular flexibility index (Phi) is 3.52. The van der Waals surface area contributed by atoms with Gasteiger partial charge >= 0.3 is 0 Å². The first-order valence-corrected chi connectivity index (χ1v) is 6.17. The Labute approximate surface area is 102 Å². The Morgan fingerprint density at radius 1 is 1.59 bits per heavy atom. The molecule has 0 bridgehead atoms. The number of furan rings is 1. The van der Waals surface area contributed by atoms with Crippen molar-refractivity contribution in [3.8, 4) is 0 Å². The lowest BCUT2D eigenvalue weighted by Crippen LogP contribution is -2.56. The second-order valence-corrected chi connectivity index (χ2v) is 5.08. The zero-order valence-corrected chi connectivity index (χ0v) is 10.5. The molecule has 1 atom stereocenters. The summed E-state index contributed by atoms with van der Waals surface area (Å²) < 4.78 is 5.16. The number of carbonyl (C=O) groups is 1. The molecule has 1 aromatic rings. The minimum Gasteiger partial charge on any atom is -0.467 e. The highest BCUT2D eigenvalue weighted by molar-refractivity contribution is 5.81. The number of hydrogen-bond acceptors (Lipinski definition) is 3. The third kappa shape index (κ3) is 3.09. The molecule has 4 heteroatoms. The molecule has 1 fully saturated rings. The fourth-order valence-electron chi connectivity index (χ4n) is 2.18. The number of amides is 1. The summed E-state index contributed by atoms with van der Waals surface area (Å²) >= 11 is 0. The van der Waals surface area contributed by atoms with Gasteiger partial charge in [0.1, 0.15) is 5.76 Å². The van der Waals surface area contributed by atoms with E-state index in [-0.39, 0.29) is 17.5 Å². The Morgan fingerprint density at radius 2 is 2.35 bits per heavy atom. The van der Waals surface area contributed by atoms with E-state index in [0.29, 0.717) is 6.54 Å². The summed E-state index contributed by atoms with van der Waals surface area (Å²) in [6, 6.07) is 3.51. The summed E-state index contributed by atoms with van der Waals surface area (Å²) in [5.74, 6) is 0.801. The SMILES string of the molecule is CC(NC1(C)CCC1)C(=O)NCc1ccco1. The first kappa shape index (κ1) is 12.2. The summed E-state index contributed by atoms with van der Waals surface area (Å²) in [6.07, 6.45) is 5.18. The molecule has 0 aromatic carbocycles. The van der Waals surface area contributed by atoms with Crippen LogP contribution in [0.15, 0.2) is 22.8 Å². The van der Waals surface area contributed by atoms with Crippen molar-refractivity contribution in [2.45, 2.75) is 51.2 Å². The summed E-state index contributed by atoms with van der Waals surface area (Å²) in [5.41, 5.74) is 0.154. The molecular formula is C13H20N2O2. The van der Waals surface area contributed by atoms with Crippen LogP contribution in [0.25, 0.3) is 0 Å². The second kappa shape index (κ2) is 4.92. The summed E-state index contributed by atoms with van der Waals surface area (Å²) in [4.78, 5) is 11.8. The molecule has 1 heterocycles. The Balaban J connectivity index is 1.75. The maximum Gasteiger partial charge on any atom is 0.237 e. The van der Waals surface area contributed by atoms with Crippen LogP contribution in [0.5, 0.6) is 0 Å². The van der Waals surface area contributed by atoms with Gasteiger partial charge in [-0.25, -0.2) is 0 Å².